The summed E-state index contributed by atoms with van der Waals surface area (Å²) in [6, 6.07) is 28.0. The summed E-state index contributed by atoms with van der Waals surface area (Å²) in [5.74, 6) is 1.12. The smallest absolute Gasteiger partial charge is 0.156 e. The van der Waals surface area contributed by atoms with Crippen molar-refractivity contribution in [2.24, 2.45) is 0 Å². The van der Waals surface area contributed by atoms with Crippen LogP contribution in [0.5, 0.6) is 5.75 Å². The highest BCUT2D eigenvalue weighted by atomic mass is 16.5. The van der Waals surface area contributed by atoms with Gasteiger partial charge in [-0.1, -0.05) is 66.7 Å². The van der Waals surface area contributed by atoms with Crippen molar-refractivity contribution in [2.75, 3.05) is 6.61 Å². The number of rotatable bonds is 14. The van der Waals surface area contributed by atoms with E-state index in [0.717, 1.165) is 45.6 Å². The van der Waals surface area contributed by atoms with Crippen molar-refractivity contribution in [1.29, 1.82) is 0 Å². The molecule has 6 heteroatoms. The Labute approximate surface area is 240 Å². The van der Waals surface area contributed by atoms with Crippen molar-refractivity contribution in [3.05, 3.63) is 138 Å². The summed E-state index contributed by atoms with van der Waals surface area (Å²) in [4.78, 5) is 33.3. The number of nitrogens with zero attached hydrogens (tertiary/aromatic N) is 3. The fourth-order valence-electron chi connectivity index (χ4n) is 4.92. The van der Waals surface area contributed by atoms with E-state index in [1.807, 2.05) is 72.9 Å². The summed E-state index contributed by atoms with van der Waals surface area (Å²) in [6.45, 7) is 0.824. The minimum Gasteiger partial charge on any atom is -0.493 e. The van der Waals surface area contributed by atoms with Gasteiger partial charge in [0, 0.05) is 50.5 Å². The molecule has 0 amide bonds. The molecule has 0 atom stereocenters. The summed E-state index contributed by atoms with van der Waals surface area (Å²) < 4.78 is 7.86. The van der Waals surface area contributed by atoms with E-state index in [4.69, 9.17) is 4.74 Å². The highest BCUT2D eigenvalue weighted by Gasteiger charge is 2.13. The summed E-state index contributed by atoms with van der Waals surface area (Å²) in [6.07, 6.45) is 11.4. The Balaban J connectivity index is 1.16. The van der Waals surface area contributed by atoms with Crippen LogP contribution in [0, 0.1) is 0 Å². The fourth-order valence-corrected chi connectivity index (χ4v) is 4.92. The van der Waals surface area contributed by atoms with E-state index in [2.05, 4.69) is 28.2 Å². The van der Waals surface area contributed by atoms with E-state index in [1.165, 1.54) is 0 Å². The van der Waals surface area contributed by atoms with E-state index < -0.39 is 0 Å². The molecule has 0 bridgehead atoms. The van der Waals surface area contributed by atoms with E-state index in [9.17, 15) is 9.59 Å². The lowest BCUT2D eigenvalue weighted by Gasteiger charge is -2.14. The number of ketones is 2. The predicted octanol–water partition coefficient (Wildman–Crippen LogP) is 6.12. The molecular formula is C35H33N3O3. The number of pyridine rings is 1. The first-order valence-corrected chi connectivity index (χ1v) is 13.9. The van der Waals surface area contributed by atoms with E-state index >= 15 is 0 Å². The molecule has 2 heterocycles. The Morgan fingerprint density at radius 1 is 0.683 bits per heavy atom. The lowest BCUT2D eigenvalue weighted by Crippen LogP contribution is -2.12. The zero-order chi connectivity index (χ0) is 28.3. The molecule has 2 aromatic heterocycles. The van der Waals surface area contributed by atoms with Gasteiger partial charge in [0.15, 0.2) is 5.78 Å². The molecule has 0 N–H and O–H groups in total. The lowest BCUT2D eigenvalue weighted by atomic mass is 9.92. The molecule has 0 radical (unpaired) electrons. The van der Waals surface area contributed by atoms with E-state index in [-0.39, 0.29) is 11.6 Å². The number of aromatic nitrogens is 3. The van der Waals surface area contributed by atoms with Crippen LogP contribution in [0.3, 0.4) is 0 Å². The van der Waals surface area contributed by atoms with Crippen LogP contribution in [0.1, 0.15) is 28.7 Å². The third-order valence-electron chi connectivity index (χ3n) is 7.01. The molecule has 0 unspecified atom stereocenters. The number of hydrogen-bond acceptors (Lipinski definition) is 5. The van der Waals surface area contributed by atoms with E-state index in [0.29, 0.717) is 38.8 Å². The number of carbonyl (C=O) groups excluding carboxylic acids is 2. The van der Waals surface area contributed by atoms with E-state index in [1.54, 1.807) is 29.5 Å². The molecule has 0 spiro atoms. The predicted molar refractivity (Wildman–Crippen MR) is 160 cm³/mol. The number of Topliss-reactive ketones (excluding diaryl/α,β-unsaturated/α-hetero) is 2. The van der Waals surface area contributed by atoms with Crippen LogP contribution >= 0.6 is 0 Å². The molecule has 0 aliphatic carbocycles. The molecule has 41 heavy (non-hydrogen) atoms. The van der Waals surface area contributed by atoms with Gasteiger partial charge in [0.25, 0.3) is 0 Å². The second-order valence-corrected chi connectivity index (χ2v) is 10.1. The Hall–Kier alpha value is -4.84. The average molecular weight is 544 g/mol. The van der Waals surface area contributed by atoms with Gasteiger partial charge in [0.2, 0.25) is 0 Å². The molecule has 6 nitrogen and oxygen atoms in total. The van der Waals surface area contributed by atoms with Crippen LogP contribution in [0.4, 0.5) is 0 Å². The maximum atomic E-state index is 12.8. The van der Waals surface area contributed by atoms with Gasteiger partial charge >= 0.3 is 0 Å². The number of benzene rings is 3. The molecule has 0 saturated carbocycles. The molecule has 206 valence electrons. The highest BCUT2D eigenvalue weighted by Crippen LogP contribution is 2.28. The van der Waals surface area contributed by atoms with Crippen LogP contribution in [0.2, 0.25) is 0 Å². The number of imidazole rings is 1. The normalized spacial score (nSPS) is 10.8. The van der Waals surface area contributed by atoms with Gasteiger partial charge in [-0.3, -0.25) is 14.6 Å². The van der Waals surface area contributed by atoms with Crippen LogP contribution < -0.4 is 4.74 Å². The van der Waals surface area contributed by atoms with Gasteiger partial charge in [-0.25, -0.2) is 4.98 Å². The summed E-state index contributed by atoms with van der Waals surface area (Å²) in [5.41, 5.74) is 6.42. The minimum absolute atomic E-state index is 0.134. The quantitative estimate of drug-likeness (QED) is 0.169. The first-order chi connectivity index (χ1) is 20.1. The topological polar surface area (TPSA) is 74.1 Å². The van der Waals surface area contributed by atoms with Gasteiger partial charge in [-0.2, -0.15) is 0 Å². The Morgan fingerprint density at radius 3 is 2.17 bits per heavy atom. The summed E-state index contributed by atoms with van der Waals surface area (Å²) in [5, 5.41) is 0. The SMILES string of the molecule is O=C(CCc1cccnc1)Cc1ccc(OCCc2ccccc2-c2ccccc2CC(=O)Cn2ccnc2)cc1. The Bertz CT molecular complexity index is 1560. The van der Waals surface area contributed by atoms with Crippen molar-refractivity contribution in [2.45, 2.75) is 38.6 Å². The van der Waals surface area contributed by atoms with Crippen molar-refractivity contribution >= 4 is 11.6 Å². The molecule has 0 saturated heterocycles. The number of carbonyl (C=O) groups is 2. The average Bonchev–Trinajstić information content (AvgIpc) is 3.51. The molecule has 5 rings (SSSR count). The Morgan fingerprint density at radius 2 is 1.44 bits per heavy atom. The monoisotopic (exact) mass is 543 g/mol. The summed E-state index contributed by atoms with van der Waals surface area (Å²) >= 11 is 0. The largest absolute Gasteiger partial charge is 0.493 e. The Kier molecular flexibility index (Phi) is 9.46. The third-order valence-corrected chi connectivity index (χ3v) is 7.01. The van der Waals surface area contributed by atoms with Crippen LogP contribution in [0.15, 0.2) is 116 Å². The summed E-state index contributed by atoms with van der Waals surface area (Å²) in [7, 11) is 0. The van der Waals surface area contributed by atoms with Crippen molar-refractivity contribution in [1.82, 2.24) is 14.5 Å². The molecule has 0 fully saturated rings. The van der Waals surface area contributed by atoms with Crippen LogP contribution in [0.25, 0.3) is 11.1 Å². The third kappa shape index (κ3) is 8.08. The van der Waals surface area contributed by atoms with Crippen LogP contribution in [-0.4, -0.2) is 32.7 Å². The zero-order valence-electron chi connectivity index (χ0n) is 23.0. The van der Waals surface area contributed by atoms with Crippen molar-refractivity contribution in [3.8, 4) is 16.9 Å². The molecule has 0 aliphatic heterocycles. The standard InChI is InChI=1S/C35H33N3O3/c39-31(14-11-28-6-5-18-36-24-28)22-27-12-15-33(16-13-27)41-21-17-29-7-1-3-9-34(29)35-10-4-2-8-30(35)23-32(40)25-38-20-19-37-26-38/h1-10,12-13,15-16,18-20,24,26H,11,14,17,21-23,25H2. The maximum absolute atomic E-state index is 12.8. The number of ether oxygens (including phenoxy) is 1. The lowest BCUT2D eigenvalue weighted by molar-refractivity contribution is -0.119. The van der Waals surface area contributed by atoms with Gasteiger partial charge in [0.1, 0.15) is 11.5 Å². The van der Waals surface area contributed by atoms with Gasteiger partial charge in [-0.15, -0.1) is 0 Å². The van der Waals surface area contributed by atoms with Gasteiger partial charge in [0.05, 0.1) is 19.5 Å². The van der Waals surface area contributed by atoms with Gasteiger partial charge in [-0.05, 0) is 58.0 Å². The first kappa shape index (κ1) is 27.7. The van der Waals surface area contributed by atoms with Crippen molar-refractivity contribution < 1.29 is 14.3 Å². The number of hydrogen-bond donors (Lipinski definition) is 0. The molecule has 0 aliphatic rings. The number of aryl methyl sites for hydroxylation is 1. The molecular weight excluding hydrogens is 510 g/mol. The van der Waals surface area contributed by atoms with Crippen molar-refractivity contribution in [3.63, 3.8) is 0 Å². The zero-order valence-corrected chi connectivity index (χ0v) is 23.0. The highest BCUT2D eigenvalue weighted by molar-refractivity contribution is 5.84. The second-order valence-electron chi connectivity index (χ2n) is 10.1. The minimum atomic E-state index is 0.134. The molecule has 3 aromatic carbocycles. The maximum Gasteiger partial charge on any atom is 0.156 e. The van der Waals surface area contributed by atoms with Crippen LogP contribution in [-0.2, 0) is 41.8 Å². The fraction of sp³-hybridized carbons (Fsp3) is 0.200. The first-order valence-electron chi connectivity index (χ1n) is 13.9. The van der Waals surface area contributed by atoms with Gasteiger partial charge < -0.3 is 9.30 Å². The second kappa shape index (κ2) is 14.0. The molecule has 5 aromatic rings.